The summed E-state index contributed by atoms with van der Waals surface area (Å²) in [6, 6.07) is 0. The molecule has 4 nitrogen and oxygen atoms in total. The van der Waals surface area contributed by atoms with Gasteiger partial charge in [-0.1, -0.05) is 90.4 Å². The van der Waals surface area contributed by atoms with Crippen molar-refractivity contribution in [2.45, 2.75) is 110 Å². The number of ether oxygens (including phenoxy) is 1. The molecular formula is C22H41NO3. The summed E-state index contributed by atoms with van der Waals surface area (Å²) < 4.78 is 5.17. The predicted octanol–water partition coefficient (Wildman–Crippen LogP) is 5.54. The summed E-state index contributed by atoms with van der Waals surface area (Å²) in [6.07, 6.45) is 20.1. The zero-order valence-corrected chi connectivity index (χ0v) is 17.0. The van der Waals surface area contributed by atoms with E-state index < -0.39 is 0 Å². The van der Waals surface area contributed by atoms with Gasteiger partial charge in [0.25, 0.3) is 0 Å². The third-order valence-corrected chi connectivity index (χ3v) is 5.39. The van der Waals surface area contributed by atoms with Crippen molar-refractivity contribution in [1.29, 1.82) is 0 Å². The Kier molecular flexibility index (Phi) is 14.3. The van der Waals surface area contributed by atoms with Gasteiger partial charge in [-0.15, -0.1) is 0 Å². The first-order valence-corrected chi connectivity index (χ1v) is 11.2. The monoisotopic (exact) mass is 367 g/mol. The van der Waals surface area contributed by atoms with Crippen LogP contribution in [0.1, 0.15) is 110 Å². The lowest BCUT2D eigenvalue weighted by molar-refractivity contribution is -0.144. The molecule has 0 aromatic carbocycles. The molecule has 1 fully saturated rings. The van der Waals surface area contributed by atoms with Crippen LogP contribution >= 0.6 is 0 Å². The number of esters is 1. The lowest BCUT2D eigenvalue weighted by Gasteiger charge is -2.23. The molecular weight excluding hydrogens is 326 g/mol. The lowest BCUT2D eigenvalue weighted by atomic mass is 9.85. The Morgan fingerprint density at radius 2 is 1.31 bits per heavy atom. The third kappa shape index (κ3) is 12.3. The van der Waals surface area contributed by atoms with Crippen LogP contribution in [-0.4, -0.2) is 25.0 Å². The Morgan fingerprint density at radius 1 is 0.808 bits per heavy atom. The molecule has 1 rings (SSSR count). The maximum absolute atomic E-state index is 11.6. The molecule has 0 aliphatic heterocycles. The zero-order valence-electron chi connectivity index (χ0n) is 17.0. The number of amides is 1. The van der Waals surface area contributed by atoms with Crippen LogP contribution in [0.15, 0.2) is 0 Å². The molecule has 4 heteroatoms. The van der Waals surface area contributed by atoms with Crippen molar-refractivity contribution >= 4 is 11.9 Å². The van der Waals surface area contributed by atoms with Gasteiger partial charge in [0, 0.05) is 5.92 Å². The van der Waals surface area contributed by atoms with Crippen molar-refractivity contribution in [2.75, 3.05) is 13.2 Å². The van der Waals surface area contributed by atoms with E-state index in [9.17, 15) is 9.59 Å². The van der Waals surface area contributed by atoms with Gasteiger partial charge in [0.05, 0.1) is 6.61 Å². The molecule has 26 heavy (non-hydrogen) atoms. The number of hydrogen-bond donors (Lipinski definition) is 1. The Labute approximate surface area is 160 Å². The molecule has 1 aliphatic carbocycles. The highest BCUT2D eigenvalue weighted by Crippen LogP contribution is 2.26. The standard InChI is InChI=1S/C22H41NO3/c1-2-3-4-5-6-7-8-9-10-11-12-13-14-18-26-21(24)19-23-22(25)20-16-15-17-20/h20H,2-19H2,1H3,(H,23,25). The van der Waals surface area contributed by atoms with E-state index in [1.807, 2.05) is 0 Å². The van der Waals surface area contributed by atoms with Crippen LogP contribution in [0.3, 0.4) is 0 Å². The Balaban J connectivity index is 1.74. The fourth-order valence-corrected chi connectivity index (χ4v) is 3.33. The quantitative estimate of drug-likeness (QED) is 0.271. The number of carbonyl (C=O) groups excluding carboxylic acids is 2. The normalized spacial score (nSPS) is 14.0. The molecule has 0 saturated heterocycles. The van der Waals surface area contributed by atoms with E-state index in [1.165, 1.54) is 70.6 Å². The van der Waals surface area contributed by atoms with Gasteiger partial charge < -0.3 is 10.1 Å². The fraction of sp³-hybridized carbons (Fsp3) is 0.909. The van der Waals surface area contributed by atoms with E-state index in [-0.39, 0.29) is 24.3 Å². The van der Waals surface area contributed by atoms with Crippen LogP contribution in [0, 0.1) is 5.92 Å². The van der Waals surface area contributed by atoms with Crippen molar-refractivity contribution in [2.24, 2.45) is 5.92 Å². The van der Waals surface area contributed by atoms with Gasteiger partial charge in [-0.3, -0.25) is 9.59 Å². The van der Waals surface area contributed by atoms with Gasteiger partial charge >= 0.3 is 5.97 Å². The van der Waals surface area contributed by atoms with E-state index in [1.54, 1.807) is 0 Å². The number of nitrogens with one attached hydrogen (secondary N) is 1. The van der Waals surface area contributed by atoms with Crippen molar-refractivity contribution in [3.8, 4) is 0 Å². The summed E-state index contributed by atoms with van der Waals surface area (Å²) in [5, 5.41) is 2.67. The van der Waals surface area contributed by atoms with Gasteiger partial charge in [0.1, 0.15) is 6.54 Å². The second kappa shape index (κ2) is 16.1. The second-order valence-corrected chi connectivity index (χ2v) is 7.81. The first kappa shape index (κ1) is 23.0. The maximum atomic E-state index is 11.6. The molecule has 0 bridgehead atoms. The number of unbranched alkanes of at least 4 members (excludes halogenated alkanes) is 12. The van der Waals surface area contributed by atoms with E-state index in [0.29, 0.717) is 6.61 Å². The molecule has 0 aromatic heterocycles. The molecule has 1 N–H and O–H groups in total. The lowest BCUT2D eigenvalue weighted by Crippen LogP contribution is -2.37. The van der Waals surface area contributed by atoms with Crippen LogP contribution in [0.5, 0.6) is 0 Å². The van der Waals surface area contributed by atoms with Crippen LogP contribution in [0.25, 0.3) is 0 Å². The Hall–Kier alpha value is -1.06. The molecule has 0 heterocycles. The fourth-order valence-electron chi connectivity index (χ4n) is 3.33. The third-order valence-electron chi connectivity index (χ3n) is 5.39. The molecule has 0 aromatic rings. The summed E-state index contributed by atoms with van der Waals surface area (Å²) in [5.41, 5.74) is 0. The van der Waals surface area contributed by atoms with Crippen LogP contribution < -0.4 is 5.32 Å². The number of rotatable bonds is 17. The molecule has 152 valence electrons. The minimum Gasteiger partial charge on any atom is -0.464 e. The maximum Gasteiger partial charge on any atom is 0.325 e. The van der Waals surface area contributed by atoms with Crippen LogP contribution in [-0.2, 0) is 14.3 Å². The average Bonchev–Trinajstić information content (AvgIpc) is 2.58. The molecule has 1 aliphatic rings. The first-order chi connectivity index (χ1) is 12.7. The molecule has 1 saturated carbocycles. The first-order valence-electron chi connectivity index (χ1n) is 11.2. The van der Waals surface area contributed by atoms with Crippen molar-refractivity contribution in [1.82, 2.24) is 5.32 Å². The minimum absolute atomic E-state index is 0.00848. The van der Waals surface area contributed by atoms with Gasteiger partial charge in [0.2, 0.25) is 5.91 Å². The number of carbonyl (C=O) groups is 2. The highest BCUT2D eigenvalue weighted by Gasteiger charge is 2.25. The van der Waals surface area contributed by atoms with E-state index in [0.717, 1.165) is 32.1 Å². The average molecular weight is 368 g/mol. The topological polar surface area (TPSA) is 55.4 Å². The van der Waals surface area contributed by atoms with Gasteiger partial charge in [-0.05, 0) is 19.3 Å². The highest BCUT2D eigenvalue weighted by molar-refractivity contribution is 5.83. The molecule has 0 spiro atoms. The zero-order chi connectivity index (χ0) is 18.9. The van der Waals surface area contributed by atoms with Gasteiger partial charge in [-0.25, -0.2) is 0 Å². The van der Waals surface area contributed by atoms with E-state index in [4.69, 9.17) is 4.74 Å². The molecule has 0 radical (unpaired) electrons. The highest BCUT2D eigenvalue weighted by atomic mass is 16.5. The predicted molar refractivity (Wildman–Crippen MR) is 107 cm³/mol. The molecule has 0 unspecified atom stereocenters. The van der Waals surface area contributed by atoms with Crippen LogP contribution in [0.4, 0.5) is 0 Å². The van der Waals surface area contributed by atoms with E-state index in [2.05, 4.69) is 12.2 Å². The summed E-state index contributed by atoms with van der Waals surface area (Å²) >= 11 is 0. The van der Waals surface area contributed by atoms with E-state index >= 15 is 0 Å². The second-order valence-electron chi connectivity index (χ2n) is 7.81. The van der Waals surface area contributed by atoms with Gasteiger partial charge in [-0.2, -0.15) is 0 Å². The smallest absolute Gasteiger partial charge is 0.325 e. The Morgan fingerprint density at radius 3 is 1.77 bits per heavy atom. The summed E-state index contributed by atoms with van der Waals surface area (Å²) in [6.45, 7) is 2.77. The largest absolute Gasteiger partial charge is 0.464 e. The van der Waals surface area contributed by atoms with Gasteiger partial charge in [0.15, 0.2) is 0 Å². The summed E-state index contributed by atoms with van der Waals surface area (Å²) in [5.74, 6) is -0.172. The molecule has 0 atom stereocenters. The summed E-state index contributed by atoms with van der Waals surface area (Å²) in [7, 11) is 0. The van der Waals surface area contributed by atoms with Crippen molar-refractivity contribution in [3.63, 3.8) is 0 Å². The summed E-state index contributed by atoms with van der Waals surface area (Å²) in [4.78, 5) is 23.2. The van der Waals surface area contributed by atoms with Crippen molar-refractivity contribution in [3.05, 3.63) is 0 Å². The Bertz CT molecular complexity index is 366. The molecule has 1 amide bonds. The number of hydrogen-bond acceptors (Lipinski definition) is 3. The minimum atomic E-state index is -0.309. The SMILES string of the molecule is CCCCCCCCCCCCCCCOC(=O)CNC(=O)C1CCC1. The van der Waals surface area contributed by atoms with Crippen molar-refractivity contribution < 1.29 is 14.3 Å². The van der Waals surface area contributed by atoms with Crippen LogP contribution in [0.2, 0.25) is 0 Å².